The zero-order chi connectivity index (χ0) is 11.4. The molecule has 0 aliphatic heterocycles. The lowest BCUT2D eigenvalue weighted by molar-refractivity contribution is 1.13. The summed E-state index contributed by atoms with van der Waals surface area (Å²) in [5.74, 6) is 0. The van der Waals surface area contributed by atoms with E-state index < -0.39 is 7.49 Å². The summed E-state index contributed by atoms with van der Waals surface area (Å²) in [4.78, 5) is 8.35. The third kappa shape index (κ3) is 3.04. The molecule has 0 aromatic carbocycles. The molecule has 6 heteroatoms. The van der Waals surface area contributed by atoms with Crippen LogP contribution in [0, 0.1) is 0 Å². The van der Waals surface area contributed by atoms with Crippen molar-refractivity contribution in [3.63, 3.8) is 0 Å². The van der Waals surface area contributed by atoms with Crippen molar-refractivity contribution in [2.24, 2.45) is 0 Å². The Morgan fingerprint density at radius 2 is 1.62 bits per heavy atom. The van der Waals surface area contributed by atoms with Crippen LogP contribution < -0.4 is 0 Å². The van der Waals surface area contributed by atoms with Gasteiger partial charge in [0.1, 0.15) is 10.1 Å². The number of rotatable bonds is 3. The molecule has 2 nitrogen and oxygen atoms in total. The lowest BCUT2D eigenvalue weighted by Gasteiger charge is -2.21. The van der Waals surface area contributed by atoms with E-state index in [-0.39, 0.29) is 0 Å². The average Bonchev–Trinajstić information content (AvgIpc) is 2.31. The van der Waals surface area contributed by atoms with E-state index in [1.807, 2.05) is 36.4 Å². The first-order valence-electron chi connectivity index (χ1n) is 4.42. The van der Waals surface area contributed by atoms with Crippen molar-refractivity contribution in [3.05, 3.63) is 48.8 Å². The fourth-order valence-corrected chi connectivity index (χ4v) is 5.19. The maximum Gasteiger partial charge on any atom is 0.115 e. The summed E-state index contributed by atoms with van der Waals surface area (Å²) in [5.41, 5.74) is 0. The summed E-state index contributed by atoms with van der Waals surface area (Å²) in [7, 11) is 11.9. The first-order valence-corrected chi connectivity index (χ1v) is 9.04. The Morgan fingerprint density at radius 1 is 0.938 bits per heavy atom. The fraction of sp³-hybridized carbons (Fsp3) is 0. The lowest BCUT2D eigenvalue weighted by Crippen LogP contribution is -1.85. The number of hydrogen-bond acceptors (Lipinski definition) is 3. The molecule has 0 N–H and O–H groups in total. The van der Waals surface area contributed by atoms with Crippen LogP contribution >= 0.6 is 39.6 Å². The van der Waals surface area contributed by atoms with Gasteiger partial charge in [0.05, 0.1) is 0 Å². The second-order valence-electron chi connectivity index (χ2n) is 2.84. The maximum absolute atomic E-state index is 6.31. The van der Waals surface area contributed by atoms with Gasteiger partial charge in [-0.05, 0) is 56.4 Å². The Morgan fingerprint density at radius 3 is 2.19 bits per heavy atom. The maximum atomic E-state index is 6.31. The summed E-state index contributed by atoms with van der Waals surface area (Å²) in [6, 6.07) is 11.2. The molecule has 2 heterocycles. The molecule has 2 rings (SSSR count). The second kappa shape index (κ2) is 5.27. The molecular formula is C10H8Cl2N2S2. The first kappa shape index (κ1) is 12.0. The van der Waals surface area contributed by atoms with E-state index >= 15 is 0 Å². The van der Waals surface area contributed by atoms with Crippen LogP contribution in [0.4, 0.5) is 0 Å². The normalized spacial score (nSPS) is 12.4. The first-order chi connectivity index (χ1) is 7.68. The van der Waals surface area contributed by atoms with Gasteiger partial charge in [0.2, 0.25) is 0 Å². The molecule has 2 aromatic rings. The van der Waals surface area contributed by atoms with Crippen LogP contribution in [0.1, 0.15) is 0 Å². The van der Waals surface area contributed by atoms with Crippen LogP contribution in [-0.2, 0) is 0 Å². The minimum Gasteiger partial charge on any atom is -0.249 e. The fourth-order valence-electron chi connectivity index (χ4n) is 1.03. The largest absolute Gasteiger partial charge is 0.249 e. The Balaban J connectivity index is 2.21. The molecule has 0 bridgehead atoms. The highest BCUT2D eigenvalue weighted by Crippen LogP contribution is 2.75. The van der Waals surface area contributed by atoms with Crippen LogP contribution in [-0.4, -0.2) is 9.97 Å². The van der Waals surface area contributed by atoms with Gasteiger partial charge in [0.15, 0.2) is 0 Å². The van der Waals surface area contributed by atoms with E-state index in [0.717, 1.165) is 5.03 Å². The quantitative estimate of drug-likeness (QED) is 0.769. The number of hydrogen-bond donors (Lipinski definition) is 0. The van der Waals surface area contributed by atoms with Crippen molar-refractivity contribution in [1.29, 1.82) is 0 Å². The minimum absolute atomic E-state index is 0.689. The van der Waals surface area contributed by atoms with E-state index in [1.54, 1.807) is 12.4 Å². The van der Waals surface area contributed by atoms with Crippen molar-refractivity contribution < 1.29 is 0 Å². The van der Waals surface area contributed by atoms with Gasteiger partial charge in [-0.1, -0.05) is 12.1 Å². The van der Waals surface area contributed by atoms with Gasteiger partial charge in [-0.2, -0.15) is 0 Å². The Bertz CT molecular complexity index is 451. The van der Waals surface area contributed by atoms with Crippen molar-refractivity contribution >= 4 is 39.6 Å². The summed E-state index contributed by atoms with van der Waals surface area (Å²) >= 11 is 0. The van der Waals surface area contributed by atoms with E-state index in [1.165, 1.54) is 10.8 Å². The molecule has 0 spiro atoms. The lowest BCUT2D eigenvalue weighted by atomic mass is 10.5. The van der Waals surface area contributed by atoms with Crippen LogP contribution in [0.5, 0.6) is 0 Å². The van der Waals surface area contributed by atoms with Crippen molar-refractivity contribution in [1.82, 2.24) is 9.97 Å². The molecule has 0 aliphatic carbocycles. The zero-order valence-corrected chi connectivity index (χ0v) is 11.2. The van der Waals surface area contributed by atoms with Gasteiger partial charge < -0.3 is 0 Å². The Hall–Kier alpha value is -0.420. The van der Waals surface area contributed by atoms with Crippen LogP contribution in [0.15, 0.2) is 58.8 Å². The van der Waals surface area contributed by atoms with E-state index in [2.05, 4.69) is 9.97 Å². The predicted molar refractivity (Wildman–Crippen MR) is 71.9 cm³/mol. The summed E-state index contributed by atoms with van der Waals surface area (Å²) in [6.07, 6.45) is 3.39. The van der Waals surface area contributed by atoms with E-state index in [0.29, 0.717) is 5.03 Å². The van der Waals surface area contributed by atoms with Crippen LogP contribution in [0.2, 0.25) is 0 Å². The highest BCUT2D eigenvalue weighted by molar-refractivity contribution is 9.11. The molecule has 0 saturated carbocycles. The summed E-state index contributed by atoms with van der Waals surface area (Å²) < 4.78 is 0. The highest BCUT2D eigenvalue weighted by Gasteiger charge is 2.24. The van der Waals surface area contributed by atoms with Crippen LogP contribution in [0.3, 0.4) is 0 Å². The van der Waals surface area contributed by atoms with Gasteiger partial charge >= 0.3 is 0 Å². The van der Waals surface area contributed by atoms with E-state index in [9.17, 15) is 0 Å². The summed E-state index contributed by atoms with van der Waals surface area (Å²) in [5, 5.41) is 1.49. The smallest absolute Gasteiger partial charge is 0.115 e. The molecule has 2 aromatic heterocycles. The topological polar surface area (TPSA) is 25.8 Å². The number of aromatic nitrogens is 2. The molecule has 0 amide bonds. The number of halogens is 2. The van der Waals surface area contributed by atoms with Crippen LogP contribution in [0.25, 0.3) is 0 Å². The van der Waals surface area contributed by atoms with Gasteiger partial charge in [-0.15, -0.1) is 0 Å². The molecule has 0 unspecified atom stereocenters. The molecule has 0 saturated heterocycles. The number of nitrogens with zero attached hydrogens (tertiary/aromatic N) is 2. The van der Waals surface area contributed by atoms with Crippen molar-refractivity contribution in [3.8, 4) is 0 Å². The summed E-state index contributed by atoms with van der Waals surface area (Å²) in [6.45, 7) is 0. The molecule has 84 valence electrons. The molecule has 0 aliphatic rings. The van der Waals surface area contributed by atoms with Gasteiger partial charge in [0.25, 0.3) is 0 Å². The van der Waals surface area contributed by atoms with Crippen molar-refractivity contribution in [2.45, 2.75) is 10.1 Å². The Labute approximate surface area is 108 Å². The minimum atomic E-state index is -2.03. The molecule has 0 atom stereocenters. The highest BCUT2D eigenvalue weighted by atomic mass is 36.0. The average molecular weight is 291 g/mol. The third-order valence-electron chi connectivity index (χ3n) is 1.71. The van der Waals surface area contributed by atoms with Gasteiger partial charge in [0, 0.05) is 19.9 Å². The molecular weight excluding hydrogens is 283 g/mol. The predicted octanol–water partition coefficient (Wildman–Crippen LogP) is 4.66. The SMILES string of the molecule is ClS(Cl)(Sc1ccccn1)c1ccccn1. The molecule has 0 fully saturated rings. The second-order valence-corrected chi connectivity index (χ2v) is 11.0. The molecule has 16 heavy (non-hydrogen) atoms. The zero-order valence-electron chi connectivity index (χ0n) is 8.09. The third-order valence-corrected chi connectivity index (χ3v) is 6.79. The molecule has 0 radical (unpaired) electrons. The van der Waals surface area contributed by atoms with Crippen molar-refractivity contribution in [2.75, 3.05) is 0 Å². The number of pyridine rings is 2. The van der Waals surface area contributed by atoms with E-state index in [4.69, 9.17) is 21.4 Å². The van der Waals surface area contributed by atoms with Gasteiger partial charge in [-0.25, -0.2) is 9.97 Å². The monoisotopic (exact) mass is 290 g/mol. The Kier molecular flexibility index (Phi) is 3.97. The standard InChI is InChI=1S/C10H8Cl2N2S2/c11-16(12,10-6-2-4-8-14-10)15-9-5-1-3-7-13-9/h1-8H. The van der Waals surface area contributed by atoms with Gasteiger partial charge in [-0.3, -0.25) is 0 Å².